The van der Waals surface area contributed by atoms with Gasteiger partial charge in [0.1, 0.15) is 10.6 Å². The molecular formula is C27H35N3O4S. The van der Waals surface area contributed by atoms with Crippen LogP contribution in [0.4, 0.5) is 5.69 Å². The predicted octanol–water partition coefficient (Wildman–Crippen LogP) is 4.14. The third kappa shape index (κ3) is 5.87. The number of rotatable bonds is 8. The van der Waals surface area contributed by atoms with Gasteiger partial charge in [0.05, 0.1) is 7.11 Å². The van der Waals surface area contributed by atoms with E-state index in [2.05, 4.69) is 17.0 Å². The van der Waals surface area contributed by atoms with Crippen LogP contribution in [-0.2, 0) is 21.4 Å². The van der Waals surface area contributed by atoms with E-state index in [-0.39, 0.29) is 10.8 Å². The quantitative estimate of drug-likeness (QED) is 0.513. The topological polar surface area (TPSA) is 70.2 Å². The lowest BCUT2D eigenvalue weighted by atomic mass is 10.1. The van der Waals surface area contributed by atoms with Gasteiger partial charge in [0.2, 0.25) is 15.9 Å². The van der Waals surface area contributed by atoms with Crippen LogP contribution in [0.2, 0.25) is 0 Å². The highest BCUT2D eigenvalue weighted by atomic mass is 32.2. The van der Waals surface area contributed by atoms with Crippen LogP contribution in [0, 0.1) is 0 Å². The number of para-hydroxylation sites is 1. The van der Waals surface area contributed by atoms with Crippen molar-refractivity contribution in [2.24, 2.45) is 0 Å². The molecule has 2 aliphatic rings. The van der Waals surface area contributed by atoms with Crippen molar-refractivity contribution in [1.29, 1.82) is 0 Å². The first-order chi connectivity index (χ1) is 16.9. The first kappa shape index (κ1) is 25.3. The highest BCUT2D eigenvalue weighted by Gasteiger charge is 2.29. The summed E-state index contributed by atoms with van der Waals surface area (Å²) in [7, 11) is -0.405. The minimum atomic E-state index is -3.66. The van der Waals surface area contributed by atoms with Crippen molar-refractivity contribution >= 4 is 27.7 Å². The molecule has 2 fully saturated rings. The number of piperidine rings is 1. The van der Waals surface area contributed by atoms with Crippen LogP contribution in [0.25, 0.3) is 6.08 Å². The summed E-state index contributed by atoms with van der Waals surface area (Å²) < 4.78 is 33.4. The maximum atomic E-state index is 13.3. The molecule has 35 heavy (non-hydrogen) atoms. The molecule has 0 saturated carbocycles. The Kier molecular flexibility index (Phi) is 8.13. The van der Waals surface area contributed by atoms with Gasteiger partial charge in [-0.3, -0.25) is 4.79 Å². The van der Waals surface area contributed by atoms with Gasteiger partial charge in [0.15, 0.2) is 0 Å². The number of ether oxygens (including phenoxy) is 1. The highest BCUT2D eigenvalue weighted by Crippen LogP contribution is 2.30. The van der Waals surface area contributed by atoms with Gasteiger partial charge in [0, 0.05) is 51.5 Å². The van der Waals surface area contributed by atoms with Crippen LogP contribution in [0.3, 0.4) is 0 Å². The van der Waals surface area contributed by atoms with Crippen LogP contribution in [-0.4, -0.2) is 63.9 Å². The number of carbonyl (C=O) groups excluding carboxylic acids is 1. The Morgan fingerprint density at radius 1 is 1.00 bits per heavy atom. The lowest BCUT2D eigenvalue weighted by Crippen LogP contribution is -2.35. The number of hydrogen-bond acceptors (Lipinski definition) is 5. The number of nitrogens with zero attached hydrogens (tertiary/aromatic N) is 3. The van der Waals surface area contributed by atoms with Crippen LogP contribution < -0.4 is 9.64 Å². The van der Waals surface area contributed by atoms with E-state index in [1.165, 1.54) is 36.0 Å². The van der Waals surface area contributed by atoms with E-state index in [0.717, 1.165) is 37.9 Å². The Hall–Kier alpha value is -2.84. The summed E-state index contributed by atoms with van der Waals surface area (Å²) in [6.45, 7) is 3.65. The molecule has 0 N–H and O–H groups in total. The Morgan fingerprint density at radius 3 is 2.40 bits per heavy atom. The number of likely N-dealkylation sites (N-methyl/N-ethyl adjacent to an activating group) is 1. The van der Waals surface area contributed by atoms with Crippen molar-refractivity contribution in [3.8, 4) is 5.75 Å². The number of sulfonamides is 1. The second-order valence-corrected chi connectivity index (χ2v) is 11.1. The van der Waals surface area contributed by atoms with Gasteiger partial charge in [-0.15, -0.1) is 0 Å². The fourth-order valence-corrected chi connectivity index (χ4v) is 6.49. The molecule has 2 aromatic carbocycles. The second-order valence-electron chi connectivity index (χ2n) is 9.23. The smallest absolute Gasteiger partial charge is 0.246 e. The molecule has 0 spiro atoms. The number of carbonyl (C=O) groups is 1. The Bertz CT molecular complexity index is 1170. The molecule has 0 atom stereocenters. The fourth-order valence-electron chi connectivity index (χ4n) is 4.78. The molecule has 0 bridgehead atoms. The lowest BCUT2D eigenvalue weighted by molar-refractivity contribution is -0.125. The van der Waals surface area contributed by atoms with E-state index in [1.807, 2.05) is 12.1 Å². The van der Waals surface area contributed by atoms with Crippen molar-refractivity contribution in [3.63, 3.8) is 0 Å². The summed E-state index contributed by atoms with van der Waals surface area (Å²) in [5.41, 5.74) is 2.95. The van der Waals surface area contributed by atoms with E-state index in [1.54, 1.807) is 36.2 Å². The minimum Gasteiger partial charge on any atom is -0.495 e. The second kappa shape index (κ2) is 11.3. The molecule has 188 valence electrons. The van der Waals surface area contributed by atoms with E-state index in [9.17, 15) is 13.2 Å². The van der Waals surface area contributed by atoms with Crippen molar-refractivity contribution in [1.82, 2.24) is 9.21 Å². The molecule has 8 heteroatoms. The standard InChI is InChI=1S/C27H35N3O4S/c1-28(21-23-10-4-5-11-24(23)29-16-8-9-17-29)27(31)15-13-22-12-14-25(34-2)26(20-22)35(32,33)30-18-6-3-7-19-30/h4-5,10-15,20H,3,6-9,16-19,21H2,1-2H3/b15-13+. The summed E-state index contributed by atoms with van der Waals surface area (Å²) in [6, 6.07) is 13.2. The summed E-state index contributed by atoms with van der Waals surface area (Å²) in [6.07, 6.45) is 8.33. The van der Waals surface area contributed by atoms with Crippen LogP contribution in [0.1, 0.15) is 43.2 Å². The third-order valence-corrected chi connectivity index (χ3v) is 8.68. The summed E-state index contributed by atoms with van der Waals surface area (Å²) in [5.74, 6) is 0.173. The first-order valence-electron chi connectivity index (χ1n) is 12.3. The fraction of sp³-hybridized carbons (Fsp3) is 0.444. The summed E-state index contributed by atoms with van der Waals surface area (Å²) in [4.78, 5) is 17.1. The van der Waals surface area contributed by atoms with Gasteiger partial charge in [-0.05, 0) is 61.1 Å². The molecular weight excluding hydrogens is 462 g/mol. The molecule has 7 nitrogen and oxygen atoms in total. The summed E-state index contributed by atoms with van der Waals surface area (Å²) >= 11 is 0. The lowest BCUT2D eigenvalue weighted by Gasteiger charge is -2.26. The van der Waals surface area contributed by atoms with Crippen molar-refractivity contribution in [3.05, 3.63) is 59.7 Å². The number of amides is 1. The van der Waals surface area contributed by atoms with Gasteiger partial charge < -0.3 is 14.5 Å². The predicted molar refractivity (Wildman–Crippen MR) is 139 cm³/mol. The molecule has 0 unspecified atom stereocenters. The zero-order valence-electron chi connectivity index (χ0n) is 20.7. The minimum absolute atomic E-state index is 0.141. The van der Waals surface area contributed by atoms with E-state index < -0.39 is 10.0 Å². The number of benzene rings is 2. The molecule has 2 heterocycles. The number of anilines is 1. The normalized spacial score (nSPS) is 17.1. The third-order valence-electron chi connectivity index (χ3n) is 6.76. The van der Waals surface area contributed by atoms with E-state index >= 15 is 0 Å². The monoisotopic (exact) mass is 497 g/mol. The SMILES string of the molecule is COc1ccc(/C=C/C(=O)N(C)Cc2ccccc2N2CCCC2)cc1S(=O)(=O)N1CCCCC1. The van der Waals surface area contributed by atoms with Gasteiger partial charge in [-0.25, -0.2) is 8.42 Å². The molecule has 0 aliphatic carbocycles. The van der Waals surface area contributed by atoms with Crippen molar-refractivity contribution < 1.29 is 17.9 Å². The maximum absolute atomic E-state index is 13.3. The van der Waals surface area contributed by atoms with Crippen molar-refractivity contribution in [2.75, 3.05) is 45.2 Å². The number of hydrogen-bond donors (Lipinski definition) is 0. The Labute approximate surface area is 209 Å². The van der Waals surface area contributed by atoms with Gasteiger partial charge in [-0.2, -0.15) is 4.31 Å². The molecule has 2 saturated heterocycles. The van der Waals surface area contributed by atoms with Crippen LogP contribution in [0.5, 0.6) is 5.75 Å². The van der Waals surface area contributed by atoms with E-state index in [0.29, 0.717) is 30.9 Å². The average Bonchev–Trinajstić information content (AvgIpc) is 3.43. The van der Waals surface area contributed by atoms with Crippen LogP contribution >= 0.6 is 0 Å². The zero-order valence-corrected chi connectivity index (χ0v) is 21.5. The first-order valence-corrected chi connectivity index (χ1v) is 13.8. The van der Waals surface area contributed by atoms with E-state index in [4.69, 9.17) is 4.74 Å². The zero-order chi connectivity index (χ0) is 24.8. The largest absolute Gasteiger partial charge is 0.495 e. The number of methoxy groups -OCH3 is 1. The molecule has 4 rings (SSSR count). The molecule has 0 aromatic heterocycles. The summed E-state index contributed by atoms with van der Waals surface area (Å²) in [5, 5.41) is 0. The molecule has 1 amide bonds. The Morgan fingerprint density at radius 2 is 1.69 bits per heavy atom. The van der Waals surface area contributed by atoms with Gasteiger partial charge in [-0.1, -0.05) is 30.7 Å². The van der Waals surface area contributed by atoms with Gasteiger partial charge in [0.25, 0.3) is 0 Å². The van der Waals surface area contributed by atoms with Crippen molar-refractivity contribution in [2.45, 2.75) is 43.5 Å². The average molecular weight is 498 g/mol. The molecule has 2 aromatic rings. The van der Waals surface area contributed by atoms with Gasteiger partial charge >= 0.3 is 0 Å². The Balaban J connectivity index is 1.49. The molecule has 2 aliphatic heterocycles. The molecule has 0 radical (unpaired) electrons. The maximum Gasteiger partial charge on any atom is 0.246 e. The van der Waals surface area contributed by atoms with Crippen LogP contribution in [0.15, 0.2) is 53.4 Å². The highest BCUT2D eigenvalue weighted by molar-refractivity contribution is 7.89.